The molecule has 8 rings (SSSR count). The molecule has 0 aliphatic heterocycles. The Kier molecular flexibility index (Phi) is 8.76. The Balaban J connectivity index is 1.31. The van der Waals surface area contributed by atoms with E-state index in [4.69, 9.17) is 19.4 Å². The van der Waals surface area contributed by atoms with Crippen molar-refractivity contribution >= 4 is 155 Å². The summed E-state index contributed by atoms with van der Waals surface area (Å²) in [6, 6.07) is 31.6. The third kappa shape index (κ3) is 5.74. The molecule has 53 heavy (non-hydrogen) atoms. The molecule has 0 fully saturated rings. The van der Waals surface area contributed by atoms with E-state index in [1.807, 2.05) is 30.3 Å². The molecule has 14 heteroatoms. The third-order valence-corrected chi connectivity index (χ3v) is 12.1. The lowest BCUT2D eigenvalue weighted by atomic mass is 9.59. The molecule has 0 bridgehead atoms. The molecule has 0 aliphatic carbocycles. The van der Waals surface area contributed by atoms with E-state index in [9.17, 15) is 0 Å². The van der Waals surface area contributed by atoms with Gasteiger partial charge in [0.25, 0.3) is 0 Å². The Bertz CT molecular complexity index is 2750. The molecular weight excluding hydrogens is 635 g/mol. The highest BCUT2D eigenvalue weighted by Crippen LogP contribution is 2.37. The van der Waals surface area contributed by atoms with Crippen LogP contribution >= 0.6 is 0 Å². The van der Waals surface area contributed by atoms with Crippen molar-refractivity contribution in [3.63, 3.8) is 0 Å². The van der Waals surface area contributed by atoms with E-state index in [1.165, 1.54) is 65.8 Å². The van der Waals surface area contributed by atoms with E-state index in [2.05, 4.69) is 139 Å². The maximum Gasteiger partial charge on any atom is 0.167 e. The highest BCUT2D eigenvalue weighted by atomic mass is 16.3. The van der Waals surface area contributed by atoms with Gasteiger partial charge in [-0.05, 0) is 46.5 Å². The summed E-state index contributed by atoms with van der Waals surface area (Å²) in [4.78, 5) is 15.4. The molecule has 0 N–H and O–H groups in total. The van der Waals surface area contributed by atoms with Gasteiger partial charge in [-0.15, -0.1) is 32.8 Å². The van der Waals surface area contributed by atoms with Crippen LogP contribution in [0.15, 0.2) is 95.4 Å². The van der Waals surface area contributed by atoms with E-state index >= 15 is 0 Å². The molecule has 242 valence electrons. The van der Waals surface area contributed by atoms with Gasteiger partial charge < -0.3 is 4.42 Å². The number of rotatable bonds is 5. The second-order valence-corrected chi connectivity index (χ2v) is 14.7. The fourth-order valence-corrected chi connectivity index (χ4v) is 8.15. The van der Waals surface area contributed by atoms with Crippen LogP contribution in [0.2, 0.25) is 0 Å². The van der Waals surface area contributed by atoms with Crippen LogP contribution in [0, 0.1) is 0 Å². The molecule has 2 aromatic heterocycles. The minimum absolute atomic E-state index is 0.579. The van der Waals surface area contributed by atoms with Gasteiger partial charge in [-0.25, -0.2) is 15.0 Å². The van der Waals surface area contributed by atoms with Crippen molar-refractivity contribution in [2.75, 3.05) is 0 Å². The van der Waals surface area contributed by atoms with Gasteiger partial charge in [0, 0.05) is 21.9 Å². The summed E-state index contributed by atoms with van der Waals surface area (Å²) in [5.74, 6) is 1.82. The molecule has 0 radical (unpaired) electrons. The summed E-state index contributed by atoms with van der Waals surface area (Å²) in [6.07, 6.45) is 0. The van der Waals surface area contributed by atoms with Gasteiger partial charge in [0.15, 0.2) is 17.5 Å². The smallest absolute Gasteiger partial charge is 0.167 e. The van der Waals surface area contributed by atoms with Gasteiger partial charge in [0.1, 0.15) is 89.6 Å². The van der Waals surface area contributed by atoms with E-state index in [1.54, 1.807) is 0 Å². The van der Waals surface area contributed by atoms with Crippen LogP contribution < -0.4 is 54.6 Å². The first-order chi connectivity index (χ1) is 25.4. The fourth-order valence-electron chi connectivity index (χ4n) is 8.15. The summed E-state index contributed by atoms with van der Waals surface area (Å²) in [6.45, 7) is 0. The van der Waals surface area contributed by atoms with Gasteiger partial charge in [-0.2, -0.15) is 0 Å². The molecule has 0 atom stereocenters. The molecular formula is C39H35B10N3O. The average molecular weight is 670 g/mol. The number of benzene rings is 6. The first kappa shape index (κ1) is 34.8. The van der Waals surface area contributed by atoms with Crippen molar-refractivity contribution in [3.05, 3.63) is 91.0 Å². The maximum absolute atomic E-state index is 6.79. The standard InChI is InChI=1S/C39H35B10N3O/c40-26-24(27(41)31(45)34(48)30(26)44)17-8-4-9-19(14-17)38-50-37(16-6-2-1-3-7-16)51-39(52-38)22-11-5-10-21-20-13-12-18(15-23(20)53-36(21)22)25-28(42)32(46)35(49)33(47)29(25)43/h1-15H,40-49H2. The predicted octanol–water partition coefficient (Wildman–Crippen LogP) is -7.31. The summed E-state index contributed by atoms with van der Waals surface area (Å²) in [5, 5.41) is 2.11. The molecule has 0 saturated carbocycles. The lowest BCUT2D eigenvalue weighted by Crippen LogP contribution is -2.55. The van der Waals surface area contributed by atoms with Crippen molar-refractivity contribution in [2.24, 2.45) is 0 Å². The summed E-state index contributed by atoms with van der Waals surface area (Å²) in [5.41, 5.74) is 22.5. The monoisotopic (exact) mass is 671 g/mol. The number of aromatic nitrogens is 3. The number of nitrogens with zero attached hydrogens (tertiary/aromatic N) is 3. The van der Waals surface area contributed by atoms with E-state index < -0.39 is 0 Å². The van der Waals surface area contributed by atoms with Crippen LogP contribution in [-0.2, 0) is 0 Å². The summed E-state index contributed by atoms with van der Waals surface area (Å²) in [7, 11) is 22.3. The lowest BCUT2D eigenvalue weighted by molar-refractivity contribution is 0.669. The highest BCUT2D eigenvalue weighted by Gasteiger charge is 2.20. The SMILES string of the molecule is Bc1c(B)c(B)c(-c2cccc(-c3nc(-c4ccccc4)nc(-c4cccc5c4oc4cc(-c6c(B)c(B)c(B)c(B)c6B)ccc45)n3)c2)c(B)c1B. The van der Waals surface area contributed by atoms with Gasteiger partial charge >= 0.3 is 0 Å². The normalized spacial score (nSPS) is 11.4. The van der Waals surface area contributed by atoms with Crippen molar-refractivity contribution in [2.45, 2.75) is 0 Å². The van der Waals surface area contributed by atoms with Crippen molar-refractivity contribution in [1.82, 2.24) is 15.0 Å². The van der Waals surface area contributed by atoms with Gasteiger partial charge in [-0.1, -0.05) is 88.6 Å². The second kappa shape index (κ2) is 13.3. The zero-order chi connectivity index (χ0) is 37.3. The Hall–Kier alpha value is -5.22. The van der Waals surface area contributed by atoms with E-state index in [-0.39, 0.29) is 0 Å². The number of furan rings is 1. The zero-order valence-corrected chi connectivity index (χ0v) is 32.4. The Labute approximate surface area is 320 Å². The average Bonchev–Trinajstić information content (AvgIpc) is 3.56. The molecule has 6 aromatic carbocycles. The topological polar surface area (TPSA) is 51.8 Å². The van der Waals surface area contributed by atoms with Crippen LogP contribution in [0.4, 0.5) is 0 Å². The van der Waals surface area contributed by atoms with E-state index in [0.717, 1.165) is 49.8 Å². The van der Waals surface area contributed by atoms with Crippen LogP contribution in [0.3, 0.4) is 0 Å². The quantitative estimate of drug-likeness (QED) is 0.171. The summed E-state index contributed by atoms with van der Waals surface area (Å²) < 4.78 is 6.79. The number of para-hydroxylation sites is 1. The lowest BCUT2D eigenvalue weighted by Gasteiger charge is -2.20. The second-order valence-electron chi connectivity index (χ2n) is 14.7. The summed E-state index contributed by atoms with van der Waals surface area (Å²) >= 11 is 0. The van der Waals surface area contributed by atoms with Crippen LogP contribution in [0.1, 0.15) is 0 Å². The molecule has 0 spiro atoms. The van der Waals surface area contributed by atoms with Crippen LogP contribution in [-0.4, -0.2) is 93.4 Å². The molecule has 0 saturated heterocycles. The molecule has 8 aromatic rings. The molecule has 4 nitrogen and oxygen atoms in total. The zero-order valence-electron chi connectivity index (χ0n) is 32.4. The maximum atomic E-state index is 6.79. The highest BCUT2D eigenvalue weighted by molar-refractivity contribution is 6.70. The Morgan fingerprint density at radius 2 is 0.830 bits per heavy atom. The third-order valence-electron chi connectivity index (χ3n) is 12.1. The van der Waals surface area contributed by atoms with Crippen LogP contribution in [0.25, 0.3) is 78.4 Å². The first-order valence-electron chi connectivity index (χ1n) is 18.5. The van der Waals surface area contributed by atoms with Crippen molar-refractivity contribution in [1.29, 1.82) is 0 Å². The molecule has 0 unspecified atom stereocenters. The minimum Gasteiger partial charge on any atom is -0.455 e. The Morgan fingerprint density at radius 3 is 1.43 bits per heavy atom. The van der Waals surface area contributed by atoms with Crippen molar-refractivity contribution in [3.8, 4) is 56.4 Å². The molecule has 2 heterocycles. The molecule has 0 aliphatic rings. The minimum atomic E-state index is 0.579. The van der Waals surface area contributed by atoms with Gasteiger partial charge in [0.05, 0.1) is 5.56 Å². The predicted molar refractivity (Wildman–Crippen MR) is 256 cm³/mol. The van der Waals surface area contributed by atoms with Gasteiger partial charge in [-0.3, -0.25) is 0 Å². The van der Waals surface area contributed by atoms with Crippen molar-refractivity contribution < 1.29 is 4.42 Å². The van der Waals surface area contributed by atoms with E-state index in [0.29, 0.717) is 17.5 Å². The Morgan fingerprint density at radius 1 is 0.358 bits per heavy atom. The number of hydrogen-bond donors (Lipinski definition) is 0. The van der Waals surface area contributed by atoms with Crippen LogP contribution in [0.5, 0.6) is 0 Å². The first-order valence-corrected chi connectivity index (χ1v) is 18.5. The number of hydrogen-bond acceptors (Lipinski definition) is 4. The van der Waals surface area contributed by atoms with Gasteiger partial charge in [0.2, 0.25) is 0 Å². The fraction of sp³-hybridized carbons (Fsp3) is 0. The number of fused-ring (bicyclic) bond motifs is 3. The molecule has 0 amide bonds. The largest absolute Gasteiger partial charge is 0.455 e.